The lowest BCUT2D eigenvalue weighted by atomic mass is 10.1. The standard InChI is InChI=1S/C20H26BrNO4/c1-15-5-3-4-6-16(15)14-26-20-17(13-22-9-11-25-12-10-23)18(21)7-8-19(20)24-2/h3-8,22-23H,9-14H2,1-2H3. The van der Waals surface area contributed by atoms with Crippen LogP contribution < -0.4 is 14.8 Å². The number of halogens is 1. The SMILES string of the molecule is COc1ccc(Br)c(CNCCOCCO)c1OCc1ccccc1C. The van der Waals surface area contributed by atoms with Crippen molar-refractivity contribution in [3.8, 4) is 11.5 Å². The second kappa shape index (κ2) is 11.2. The minimum absolute atomic E-state index is 0.0400. The molecule has 2 aromatic rings. The molecule has 0 aliphatic heterocycles. The van der Waals surface area contributed by atoms with Crippen molar-refractivity contribution in [1.29, 1.82) is 0 Å². The largest absolute Gasteiger partial charge is 0.493 e. The number of methoxy groups -OCH3 is 1. The summed E-state index contributed by atoms with van der Waals surface area (Å²) >= 11 is 3.61. The molecule has 26 heavy (non-hydrogen) atoms. The van der Waals surface area contributed by atoms with Gasteiger partial charge in [-0.3, -0.25) is 0 Å². The molecule has 0 saturated heterocycles. The van der Waals surface area contributed by atoms with Crippen molar-refractivity contribution in [2.75, 3.05) is 33.5 Å². The summed E-state index contributed by atoms with van der Waals surface area (Å²) in [5.74, 6) is 1.43. The van der Waals surface area contributed by atoms with Crippen LogP contribution in [-0.4, -0.2) is 38.6 Å². The molecule has 0 atom stereocenters. The minimum Gasteiger partial charge on any atom is -0.493 e. The average molecular weight is 424 g/mol. The summed E-state index contributed by atoms with van der Waals surface area (Å²) in [7, 11) is 1.64. The van der Waals surface area contributed by atoms with E-state index in [-0.39, 0.29) is 6.61 Å². The summed E-state index contributed by atoms with van der Waals surface area (Å²) < 4.78 is 17.9. The van der Waals surface area contributed by atoms with E-state index in [9.17, 15) is 0 Å². The van der Waals surface area contributed by atoms with E-state index in [1.807, 2.05) is 24.3 Å². The van der Waals surface area contributed by atoms with Crippen molar-refractivity contribution in [2.45, 2.75) is 20.1 Å². The monoisotopic (exact) mass is 423 g/mol. The first-order valence-electron chi connectivity index (χ1n) is 8.59. The van der Waals surface area contributed by atoms with E-state index in [0.717, 1.165) is 21.3 Å². The van der Waals surface area contributed by atoms with Gasteiger partial charge < -0.3 is 24.6 Å². The third kappa shape index (κ3) is 5.99. The van der Waals surface area contributed by atoms with Crippen molar-refractivity contribution >= 4 is 15.9 Å². The highest BCUT2D eigenvalue weighted by molar-refractivity contribution is 9.10. The summed E-state index contributed by atoms with van der Waals surface area (Å²) in [5, 5.41) is 12.1. The maximum Gasteiger partial charge on any atom is 0.167 e. The number of aliphatic hydroxyl groups excluding tert-OH is 1. The summed E-state index contributed by atoms with van der Waals surface area (Å²) in [4.78, 5) is 0. The van der Waals surface area contributed by atoms with Crippen LogP contribution in [0, 0.1) is 6.92 Å². The molecule has 5 nitrogen and oxygen atoms in total. The fraction of sp³-hybridized carbons (Fsp3) is 0.400. The first-order valence-corrected chi connectivity index (χ1v) is 9.38. The molecule has 142 valence electrons. The molecule has 0 fully saturated rings. The van der Waals surface area contributed by atoms with E-state index in [0.29, 0.717) is 38.7 Å². The normalized spacial score (nSPS) is 10.8. The summed E-state index contributed by atoms with van der Waals surface area (Å²) in [5.41, 5.74) is 3.34. The van der Waals surface area contributed by atoms with Crippen LogP contribution in [0.25, 0.3) is 0 Å². The van der Waals surface area contributed by atoms with Crippen LogP contribution in [0.4, 0.5) is 0 Å². The van der Waals surface area contributed by atoms with Gasteiger partial charge in [0, 0.05) is 23.1 Å². The van der Waals surface area contributed by atoms with E-state index >= 15 is 0 Å². The van der Waals surface area contributed by atoms with E-state index in [1.165, 1.54) is 5.56 Å². The van der Waals surface area contributed by atoms with Gasteiger partial charge in [0.15, 0.2) is 11.5 Å². The third-order valence-electron chi connectivity index (χ3n) is 3.98. The van der Waals surface area contributed by atoms with E-state index in [2.05, 4.69) is 40.3 Å². The fourth-order valence-corrected chi connectivity index (χ4v) is 2.96. The summed E-state index contributed by atoms with van der Waals surface area (Å²) in [6, 6.07) is 12.0. The predicted molar refractivity (Wildman–Crippen MR) is 106 cm³/mol. The van der Waals surface area contributed by atoms with E-state index in [4.69, 9.17) is 19.3 Å². The van der Waals surface area contributed by atoms with Crippen molar-refractivity contribution in [3.63, 3.8) is 0 Å². The highest BCUT2D eigenvalue weighted by atomic mass is 79.9. The molecule has 0 aliphatic rings. The van der Waals surface area contributed by atoms with Gasteiger partial charge in [-0.15, -0.1) is 0 Å². The Labute approximate surface area is 163 Å². The van der Waals surface area contributed by atoms with Gasteiger partial charge in [-0.2, -0.15) is 0 Å². The van der Waals surface area contributed by atoms with Crippen molar-refractivity contribution < 1.29 is 19.3 Å². The number of aliphatic hydroxyl groups is 1. The molecule has 6 heteroatoms. The Hall–Kier alpha value is -1.60. The number of rotatable bonds is 11. The summed E-state index contributed by atoms with van der Waals surface area (Å²) in [6.45, 7) is 4.79. The van der Waals surface area contributed by atoms with Crippen LogP contribution in [0.1, 0.15) is 16.7 Å². The minimum atomic E-state index is 0.0400. The molecule has 0 aromatic heterocycles. The number of hydrogen-bond donors (Lipinski definition) is 2. The van der Waals surface area contributed by atoms with Crippen molar-refractivity contribution in [1.82, 2.24) is 5.32 Å². The average Bonchev–Trinajstić information content (AvgIpc) is 2.65. The number of hydrogen-bond acceptors (Lipinski definition) is 5. The number of aryl methyl sites for hydroxylation is 1. The van der Waals surface area contributed by atoms with Crippen molar-refractivity contribution in [3.05, 3.63) is 57.6 Å². The topological polar surface area (TPSA) is 60.0 Å². The lowest BCUT2D eigenvalue weighted by molar-refractivity contribution is 0.0937. The van der Waals surface area contributed by atoms with Gasteiger partial charge in [0.1, 0.15) is 6.61 Å². The number of ether oxygens (including phenoxy) is 3. The maximum atomic E-state index is 8.72. The zero-order valence-corrected chi connectivity index (χ0v) is 16.8. The first kappa shape index (κ1) is 20.7. The molecule has 0 amide bonds. The van der Waals surface area contributed by atoms with Crippen LogP contribution in [0.15, 0.2) is 40.9 Å². The van der Waals surface area contributed by atoms with Gasteiger partial charge in [-0.25, -0.2) is 0 Å². The van der Waals surface area contributed by atoms with E-state index < -0.39 is 0 Å². The maximum absolute atomic E-state index is 8.72. The lowest BCUT2D eigenvalue weighted by Crippen LogP contribution is -2.20. The van der Waals surface area contributed by atoms with Crippen LogP contribution >= 0.6 is 15.9 Å². The molecule has 0 bridgehead atoms. The second-order valence-corrected chi connectivity index (χ2v) is 6.64. The van der Waals surface area contributed by atoms with Gasteiger partial charge in [0.05, 0.1) is 26.9 Å². The quantitative estimate of drug-likeness (QED) is 0.542. The zero-order chi connectivity index (χ0) is 18.8. The molecular weight excluding hydrogens is 398 g/mol. The molecule has 2 rings (SSSR count). The Morgan fingerprint density at radius 3 is 2.65 bits per heavy atom. The predicted octanol–water partition coefficient (Wildman–Crippen LogP) is 3.44. The van der Waals surface area contributed by atoms with Gasteiger partial charge in [-0.05, 0) is 30.2 Å². The molecule has 0 unspecified atom stereocenters. The molecule has 2 aromatic carbocycles. The van der Waals surface area contributed by atoms with Crippen LogP contribution in [0.2, 0.25) is 0 Å². The Kier molecular flexibility index (Phi) is 8.91. The Morgan fingerprint density at radius 2 is 1.92 bits per heavy atom. The molecule has 0 aliphatic carbocycles. The molecule has 0 radical (unpaired) electrons. The Balaban J connectivity index is 2.07. The Bertz CT molecular complexity index is 694. The Morgan fingerprint density at radius 1 is 1.12 bits per heavy atom. The number of nitrogens with one attached hydrogen (secondary N) is 1. The molecule has 0 saturated carbocycles. The van der Waals surface area contributed by atoms with Gasteiger partial charge in [0.25, 0.3) is 0 Å². The van der Waals surface area contributed by atoms with Crippen LogP contribution in [0.3, 0.4) is 0 Å². The lowest BCUT2D eigenvalue weighted by Gasteiger charge is -2.18. The molecule has 0 heterocycles. The number of benzene rings is 2. The van der Waals surface area contributed by atoms with Crippen molar-refractivity contribution in [2.24, 2.45) is 0 Å². The molecule has 2 N–H and O–H groups in total. The summed E-state index contributed by atoms with van der Waals surface area (Å²) in [6.07, 6.45) is 0. The highest BCUT2D eigenvalue weighted by Crippen LogP contribution is 2.36. The van der Waals surface area contributed by atoms with Crippen LogP contribution in [0.5, 0.6) is 11.5 Å². The zero-order valence-electron chi connectivity index (χ0n) is 15.3. The van der Waals surface area contributed by atoms with Gasteiger partial charge in [0.2, 0.25) is 0 Å². The first-order chi connectivity index (χ1) is 12.7. The van der Waals surface area contributed by atoms with Crippen LogP contribution in [-0.2, 0) is 17.9 Å². The highest BCUT2D eigenvalue weighted by Gasteiger charge is 2.15. The fourth-order valence-electron chi connectivity index (χ4n) is 2.51. The third-order valence-corrected chi connectivity index (χ3v) is 4.72. The van der Waals surface area contributed by atoms with Gasteiger partial charge >= 0.3 is 0 Å². The smallest absolute Gasteiger partial charge is 0.167 e. The second-order valence-electron chi connectivity index (χ2n) is 5.79. The van der Waals surface area contributed by atoms with E-state index in [1.54, 1.807) is 7.11 Å². The van der Waals surface area contributed by atoms with Gasteiger partial charge in [-0.1, -0.05) is 40.2 Å². The molecule has 0 spiro atoms. The molecular formula is C20H26BrNO4.